The Morgan fingerprint density at radius 1 is 1.21 bits per heavy atom. The molecule has 0 aliphatic carbocycles. The van der Waals surface area contributed by atoms with Crippen molar-refractivity contribution in [3.05, 3.63) is 29.3 Å². The van der Waals surface area contributed by atoms with Crippen LogP contribution < -0.4 is 5.19 Å². The Balaban J connectivity index is 2.82. The third-order valence-electron chi connectivity index (χ3n) is 2.20. The highest BCUT2D eigenvalue weighted by molar-refractivity contribution is 6.88. The molecule has 0 nitrogen and oxygen atoms in total. The first kappa shape index (κ1) is 12.4. The van der Waals surface area contributed by atoms with Gasteiger partial charge in [0.1, 0.15) is 8.80 Å². The van der Waals surface area contributed by atoms with Crippen molar-refractivity contribution in [2.45, 2.75) is 23.8 Å². The zero-order valence-electron chi connectivity index (χ0n) is 8.01. The Kier molecular flexibility index (Phi) is 5.32. The van der Waals surface area contributed by atoms with E-state index < -0.39 is 8.80 Å². The van der Waals surface area contributed by atoms with Crippen LogP contribution in [-0.4, -0.2) is 13.3 Å². The van der Waals surface area contributed by atoms with Gasteiger partial charge in [-0.25, -0.2) is 0 Å². The maximum Gasteiger partial charge on any atom is 0.109 e. The number of rotatable bonds is 4. The van der Waals surface area contributed by atoms with Crippen molar-refractivity contribution in [1.29, 1.82) is 0 Å². The molecule has 0 heterocycles. The van der Waals surface area contributed by atoms with Gasteiger partial charge in [-0.3, -0.25) is 0 Å². The Morgan fingerprint density at radius 2 is 1.79 bits per heavy atom. The number of alkyl halides is 2. The molecule has 78 valence electrons. The second-order valence-electron chi connectivity index (χ2n) is 3.28. The molecule has 0 aromatic heterocycles. The SMILES string of the molecule is CCC[SiH](c1ccc(Cl)cc1)C(Cl)Cl. The van der Waals surface area contributed by atoms with Crippen LogP contribution in [0.4, 0.5) is 0 Å². The van der Waals surface area contributed by atoms with Gasteiger partial charge in [-0.2, -0.15) is 0 Å². The van der Waals surface area contributed by atoms with Crippen molar-refractivity contribution >= 4 is 48.8 Å². The zero-order chi connectivity index (χ0) is 10.6. The Morgan fingerprint density at radius 3 is 2.21 bits per heavy atom. The molecule has 4 heteroatoms. The second-order valence-corrected chi connectivity index (χ2v) is 8.85. The van der Waals surface area contributed by atoms with Gasteiger partial charge in [-0.05, 0) is 12.1 Å². The Hall–Kier alpha value is 0.307. The average molecular weight is 268 g/mol. The van der Waals surface area contributed by atoms with Crippen LogP contribution in [0.15, 0.2) is 24.3 Å². The molecule has 0 spiro atoms. The van der Waals surface area contributed by atoms with Gasteiger partial charge in [0.05, 0.1) is 4.46 Å². The van der Waals surface area contributed by atoms with Crippen LogP contribution in [0.2, 0.25) is 11.1 Å². The minimum absolute atomic E-state index is 0.212. The monoisotopic (exact) mass is 266 g/mol. The fourth-order valence-corrected chi connectivity index (χ4v) is 5.40. The maximum atomic E-state index is 5.99. The lowest BCUT2D eigenvalue weighted by Gasteiger charge is -2.15. The lowest BCUT2D eigenvalue weighted by atomic mass is 10.4. The Labute approximate surface area is 102 Å². The highest BCUT2D eigenvalue weighted by atomic mass is 35.5. The van der Waals surface area contributed by atoms with E-state index in [1.807, 2.05) is 24.3 Å². The van der Waals surface area contributed by atoms with E-state index in [1.54, 1.807) is 0 Å². The molecule has 0 fully saturated rings. The number of hydrogen-bond donors (Lipinski definition) is 0. The van der Waals surface area contributed by atoms with Crippen LogP contribution in [0.1, 0.15) is 13.3 Å². The van der Waals surface area contributed by atoms with Crippen molar-refractivity contribution in [3.63, 3.8) is 0 Å². The van der Waals surface area contributed by atoms with Crippen molar-refractivity contribution in [2.24, 2.45) is 0 Å². The van der Waals surface area contributed by atoms with Crippen molar-refractivity contribution in [2.75, 3.05) is 0 Å². The van der Waals surface area contributed by atoms with Gasteiger partial charge in [0.2, 0.25) is 0 Å². The van der Waals surface area contributed by atoms with Crippen molar-refractivity contribution in [1.82, 2.24) is 0 Å². The van der Waals surface area contributed by atoms with Gasteiger partial charge in [-0.1, -0.05) is 48.3 Å². The summed E-state index contributed by atoms with van der Waals surface area (Å²) < 4.78 is -0.212. The van der Waals surface area contributed by atoms with Crippen LogP contribution in [0.25, 0.3) is 0 Å². The zero-order valence-corrected chi connectivity index (χ0v) is 11.4. The smallest absolute Gasteiger partial charge is 0.109 e. The average Bonchev–Trinajstić information content (AvgIpc) is 2.15. The molecule has 0 saturated carbocycles. The van der Waals surface area contributed by atoms with Gasteiger partial charge in [0, 0.05) is 5.02 Å². The third-order valence-corrected chi connectivity index (χ3v) is 7.33. The van der Waals surface area contributed by atoms with Crippen LogP contribution in [0, 0.1) is 0 Å². The molecule has 0 radical (unpaired) electrons. The van der Waals surface area contributed by atoms with Gasteiger partial charge < -0.3 is 0 Å². The molecule has 0 aliphatic heterocycles. The van der Waals surface area contributed by atoms with Crippen molar-refractivity contribution in [3.8, 4) is 0 Å². The van der Waals surface area contributed by atoms with Crippen LogP contribution in [0.5, 0.6) is 0 Å². The minimum atomic E-state index is -1.21. The van der Waals surface area contributed by atoms with E-state index in [0.717, 1.165) is 17.5 Å². The molecule has 1 unspecified atom stereocenters. The normalized spacial score (nSPS) is 13.2. The highest BCUT2D eigenvalue weighted by Crippen LogP contribution is 2.14. The van der Waals surface area contributed by atoms with Crippen LogP contribution in [-0.2, 0) is 0 Å². The summed E-state index contributed by atoms with van der Waals surface area (Å²) in [6.45, 7) is 2.16. The molecule has 0 bridgehead atoms. The summed E-state index contributed by atoms with van der Waals surface area (Å²) in [5, 5.41) is 2.06. The summed E-state index contributed by atoms with van der Waals surface area (Å²) in [6.07, 6.45) is 1.13. The molecule has 1 rings (SSSR count). The maximum absolute atomic E-state index is 5.99. The Bertz CT molecular complexity index is 271. The van der Waals surface area contributed by atoms with E-state index in [9.17, 15) is 0 Å². The molecule has 0 aliphatic rings. The number of hydrogen-bond acceptors (Lipinski definition) is 0. The molecule has 0 amide bonds. The molecular weight excluding hydrogens is 255 g/mol. The summed E-state index contributed by atoms with van der Waals surface area (Å²) in [5.74, 6) is 0. The van der Waals surface area contributed by atoms with Gasteiger partial charge in [0.15, 0.2) is 0 Å². The van der Waals surface area contributed by atoms with Gasteiger partial charge in [-0.15, -0.1) is 23.2 Å². The predicted octanol–water partition coefficient (Wildman–Crippen LogP) is 3.53. The fourth-order valence-electron chi connectivity index (χ4n) is 1.46. The summed E-state index contributed by atoms with van der Waals surface area (Å²) in [4.78, 5) is 0. The summed E-state index contributed by atoms with van der Waals surface area (Å²) in [6, 6.07) is 9.05. The van der Waals surface area contributed by atoms with Crippen molar-refractivity contribution < 1.29 is 0 Å². The molecule has 0 saturated heterocycles. The third kappa shape index (κ3) is 3.47. The van der Waals surface area contributed by atoms with E-state index in [4.69, 9.17) is 34.8 Å². The largest absolute Gasteiger partial charge is 0.109 e. The van der Waals surface area contributed by atoms with E-state index in [2.05, 4.69) is 6.92 Å². The molecule has 1 aromatic rings. The molecule has 0 N–H and O–H groups in total. The summed E-state index contributed by atoms with van der Waals surface area (Å²) in [7, 11) is -1.21. The molecule has 14 heavy (non-hydrogen) atoms. The predicted molar refractivity (Wildman–Crippen MR) is 68.8 cm³/mol. The van der Waals surface area contributed by atoms with Crippen LogP contribution in [0.3, 0.4) is 0 Å². The standard InChI is InChI=1S/C10H13Cl3Si/c1-2-7-14(10(12)13)9-5-3-8(11)4-6-9/h3-6,10,14H,2,7H2,1H3. The highest BCUT2D eigenvalue weighted by Gasteiger charge is 2.19. The van der Waals surface area contributed by atoms with E-state index >= 15 is 0 Å². The first-order chi connectivity index (χ1) is 6.65. The summed E-state index contributed by atoms with van der Waals surface area (Å²) in [5.41, 5.74) is 0. The molecule has 1 aromatic carbocycles. The minimum Gasteiger partial charge on any atom is -0.109 e. The quantitative estimate of drug-likeness (QED) is 0.578. The van der Waals surface area contributed by atoms with Gasteiger partial charge >= 0.3 is 0 Å². The number of halogens is 3. The van der Waals surface area contributed by atoms with Gasteiger partial charge in [0.25, 0.3) is 0 Å². The lowest BCUT2D eigenvalue weighted by Crippen LogP contribution is -2.36. The second kappa shape index (κ2) is 6.01. The van der Waals surface area contributed by atoms with E-state index in [0.29, 0.717) is 0 Å². The van der Waals surface area contributed by atoms with E-state index in [1.165, 1.54) is 5.19 Å². The topological polar surface area (TPSA) is 0 Å². The first-order valence-corrected chi connectivity index (χ1v) is 8.00. The summed E-state index contributed by atoms with van der Waals surface area (Å²) >= 11 is 17.8. The first-order valence-electron chi connectivity index (χ1n) is 4.68. The molecular formula is C10H13Cl3Si. The van der Waals surface area contributed by atoms with Crippen LogP contribution >= 0.6 is 34.8 Å². The number of benzene rings is 1. The van der Waals surface area contributed by atoms with E-state index in [-0.39, 0.29) is 4.46 Å². The molecule has 1 atom stereocenters. The fraction of sp³-hybridized carbons (Fsp3) is 0.400. The lowest BCUT2D eigenvalue weighted by molar-refractivity contribution is 1.06.